The molecule has 1 aliphatic heterocycles. The Morgan fingerprint density at radius 1 is 0.880 bits per heavy atom. The normalized spacial score (nSPS) is 15.4. The van der Waals surface area contributed by atoms with Crippen LogP contribution in [-0.2, 0) is 13.1 Å². The zero-order valence-corrected chi connectivity index (χ0v) is 18.7. The molecule has 0 N–H and O–H groups in total. The molecule has 0 radical (unpaired) electrons. The molecule has 0 atom stereocenters. The second kappa shape index (κ2) is 11.0. The van der Waals surface area contributed by atoms with Crippen LogP contribution in [0.25, 0.3) is 0 Å². The summed E-state index contributed by atoms with van der Waals surface area (Å²) in [6, 6.07) is 8.93. The molecule has 0 saturated carbocycles. The number of halogens is 1. The van der Waals surface area contributed by atoms with E-state index in [-0.39, 0.29) is 24.0 Å². The molecule has 6 heteroatoms. The first-order chi connectivity index (χ1) is 11.5. The molecule has 0 spiro atoms. The Morgan fingerprint density at radius 2 is 1.36 bits per heavy atom. The van der Waals surface area contributed by atoms with Crippen molar-refractivity contribution >= 4 is 29.9 Å². The summed E-state index contributed by atoms with van der Waals surface area (Å²) in [7, 11) is 8.11. The summed E-state index contributed by atoms with van der Waals surface area (Å²) in [4.78, 5) is 13.9. The maximum Gasteiger partial charge on any atom is 0.195 e. The average molecular weight is 459 g/mol. The Bertz CT molecular complexity index is 509. The third-order valence-electron chi connectivity index (χ3n) is 4.54. The Labute approximate surface area is 170 Å². The summed E-state index contributed by atoms with van der Waals surface area (Å²) in [5, 5.41) is 0. The smallest absolute Gasteiger partial charge is 0.195 e. The molecule has 142 valence electrons. The van der Waals surface area contributed by atoms with Crippen molar-refractivity contribution < 1.29 is 0 Å². The minimum absolute atomic E-state index is 0. The van der Waals surface area contributed by atoms with Crippen LogP contribution in [0.5, 0.6) is 0 Å². The van der Waals surface area contributed by atoms with Crippen molar-refractivity contribution in [3.63, 3.8) is 0 Å². The summed E-state index contributed by atoms with van der Waals surface area (Å²) in [5.74, 6) is 0.993. The number of nitrogens with zero attached hydrogens (tertiary/aromatic N) is 5. The van der Waals surface area contributed by atoms with Crippen LogP contribution in [0.2, 0.25) is 0 Å². The standard InChI is InChI=1S/C19H33N5.HI/c1-6-23-11-13-24(14-12-23)16-18-9-7-17(8-10-18)15-20-19(21(2)3)22(4)5;/h7-10H,6,11-16H2,1-5H3;1H. The monoisotopic (exact) mass is 459 g/mol. The van der Waals surface area contributed by atoms with Crippen LogP contribution in [-0.4, -0.2) is 86.5 Å². The van der Waals surface area contributed by atoms with Crippen molar-refractivity contribution in [2.75, 3.05) is 60.9 Å². The summed E-state index contributed by atoms with van der Waals surface area (Å²) in [5.41, 5.74) is 2.66. The topological polar surface area (TPSA) is 25.3 Å². The van der Waals surface area contributed by atoms with Gasteiger partial charge in [0.2, 0.25) is 0 Å². The maximum absolute atomic E-state index is 4.71. The molecule has 25 heavy (non-hydrogen) atoms. The van der Waals surface area contributed by atoms with Gasteiger partial charge in [-0.25, -0.2) is 4.99 Å². The van der Waals surface area contributed by atoms with Crippen molar-refractivity contribution in [2.24, 2.45) is 4.99 Å². The number of likely N-dealkylation sites (N-methyl/N-ethyl adjacent to an activating group) is 1. The molecule has 1 saturated heterocycles. The number of piperazine rings is 1. The van der Waals surface area contributed by atoms with Crippen LogP contribution in [0, 0.1) is 0 Å². The Balaban J connectivity index is 0.00000312. The van der Waals surface area contributed by atoms with E-state index in [1.165, 1.54) is 43.9 Å². The van der Waals surface area contributed by atoms with Gasteiger partial charge in [-0.15, -0.1) is 24.0 Å². The van der Waals surface area contributed by atoms with E-state index in [4.69, 9.17) is 4.99 Å². The van der Waals surface area contributed by atoms with Gasteiger partial charge in [-0.2, -0.15) is 0 Å². The van der Waals surface area contributed by atoms with Crippen LogP contribution < -0.4 is 0 Å². The molecule has 0 aliphatic carbocycles. The molecular weight excluding hydrogens is 425 g/mol. The predicted octanol–water partition coefficient (Wildman–Crippen LogP) is 2.42. The largest absolute Gasteiger partial charge is 0.349 e. The maximum atomic E-state index is 4.71. The zero-order valence-electron chi connectivity index (χ0n) is 16.4. The predicted molar refractivity (Wildman–Crippen MR) is 118 cm³/mol. The van der Waals surface area contributed by atoms with Crippen molar-refractivity contribution in [3.05, 3.63) is 35.4 Å². The van der Waals surface area contributed by atoms with Crippen molar-refractivity contribution in [2.45, 2.75) is 20.0 Å². The lowest BCUT2D eigenvalue weighted by atomic mass is 10.1. The lowest BCUT2D eigenvalue weighted by Gasteiger charge is -2.34. The fourth-order valence-electron chi connectivity index (χ4n) is 3.12. The molecule has 1 aliphatic rings. The highest BCUT2D eigenvalue weighted by atomic mass is 127. The number of hydrogen-bond acceptors (Lipinski definition) is 3. The Hall–Kier alpha value is -0.860. The van der Waals surface area contributed by atoms with Gasteiger partial charge in [0, 0.05) is 60.9 Å². The molecule has 0 bridgehead atoms. The van der Waals surface area contributed by atoms with Gasteiger partial charge in [-0.05, 0) is 17.7 Å². The van der Waals surface area contributed by atoms with Crippen LogP contribution in [0.4, 0.5) is 0 Å². The zero-order chi connectivity index (χ0) is 17.5. The highest BCUT2D eigenvalue weighted by molar-refractivity contribution is 14.0. The second-order valence-electron chi connectivity index (χ2n) is 6.93. The SMILES string of the molecule is CCN1CCN(Cc2ccc(CN=C(N(C)C)N(C)C)cc2)CC1.I. The molecule has 1 aromatic rings. The average Bonchev–Trinajstić information content (AvgIpc) is 2.56. The van der Waals surface area contributed by atoms with Gasteiger partial charge in [-0.1, -0.05) is 31.2 Å². The van der Waals surface area contributed by atoms with Gasteiger partial charge in [0.15, 0.2) is 5.96 Å². The van der Waals surface area contributed by atoms with E-state index < -0.39 is 0 Å². The lowest BCUT2D eigenvalue weighted by molar-refractivity contribution is 0.132. The molecule has 1 fully saturated rings. The van der Waals surface area contributed by atoms with E-state index in [2.05, 4.69) is 41.0 Å². The number of rotatable bonds is 5. The second-order valence-corrected chi connectivity index (χ2v) is 6.93. The Kier molecular flexibility index (Phi) is 9.74. The first kappa shape index (κ1) is 22.2. The quantitative estimate of drug-likeness (QED) is 0.384. The highest BCUT2D eigenvalue weighted by Gasteiger charge is 2.15. The van der Waals surface area contributed by atoms with Crippen molar-refractivity contribution in [1.82, 2.24) is 19.6 Å². The van der Waals surface area contributed by atoms with E-state index in [0.29, 0.717) is 0 Å². The van der Waals surface area contributed by atoms with E-state index >= 15 is 0 Å². The van der Waals surface area contributed by atoms with Crippen molar-refractivity contribution in [1.29, 1.82) is 0 Å². The molecular formula is C19H34IN5. The van der Waals surface area contributed by atoms with E-state index in [9.17, 15) is 0 Å². The van der Waals surface area contributed by atoms with Gasteiger partial charge in [0.1, 0.15) is 0 Å². The van der Waals surface area contributed by atoms with Crippen LogP contribution in [0.1, 0.15) is 18.1 Å². The Morgan fingerprint density at radius 3 is 1.84 bits per heavy atom. The number of hydrogen-bond donors (Lipinski definition) is 0. The van der Waals surface area contributed by atoms with E-state index in [1.807, 2.05) is 38.0 Å². The fraction of sp³-hybridized carbons (Fsp3) is 0.632. The molecule has 0 aromatic heterocycles. The number of guanidine groups is 1. The number of aliphatic imine (C=N–C) groups is 1. The van der Waals surface area contributed by atoms with Gasteiger partial charge in [-0.3, -0.25) is 4.90 Å². The number of benzene rings is 1. The van der Waals surface area contributed by atoms with Gasteiger partial charge < -0.3 is 14.7 Å². The van der Waals surface area contributed by atoms with Crippen molar-refractivity contribution in [3.8, 4) is 0 Å². The van der Waals surface area contributed by atoms with Gasteiger partial charge in [0.25, 0.3) is 0 Å². The van der Waals surface area contributed by atoms with Gasteiger partial charge >= 0.3 is 0 Å². The van der Waals surface area contributed by atoms with Gasteiger partial charge in [0.05, 0.1) is 6.54 Å². The van der Waals surface area contributed by atoms with Crippen LogP contribution in [0.15, 0.2) is 29.3 Å². The highest BCUT2D eigenvalue weighted by Crippen LogP contribution is 2.11. The molecule has 1 aromatic carbocycles. The summed E-state index contributed by atoms with van der Waals surface area (Å²) < 4.78 is 0. The molecule has 0 unspecified atom stereocenters. The van der Waals surface area contributed by atoms with E-state index in [1.54, 1.807) is 0 Å². The summed E-state index contributed by atoms with van der Waals surface area (Å²) in [6.45, 7) is 9.94. The van der Waals surface area contributed by atoms with Crippen LogP contribution >= 0.6 is 24.0 Å². The minimum atomic E-state index is 0. The minimum Gasteiger partial charge on any atom is -0.349 e. The fourth-order valence-corrected chi connectivity index (χ4v) is 3.12. The lowest BCUT2D eigenvalue weighted by Crippen LogP contribution is -2.45. The summed E-state index contributed by atoms with van der Waals surface area (Å²) in [6.07, 6.45) is 0. The van der Waals surface area contributed by atoms with Crippen LogP contribution in [0.3, 0.4) is 0 Å². The van der Waals surface area contributed by atoms with E-state index in [0.717, 1.165) is 19.0 Å². The first-order valence-electron chi connectivity index (χ1n) is 8.91. The molecule has 5 nitrogen and oxygen atoms in total. The molecule has 1 heterocycles. The first-order valence-corrected chi connectivity index (χ1v) is 8.91. The summed E-state index contributed by atoms with van der Waals surface area (Å²) >= 11 is 0. The third kappa shape index (κ3) is 7.11. The third-order valence-corrected chi connectivity index (χ3v) is 4.54. The molecule has 2 rings (SSSR count). The molecule has 0 amide bonds.